The molecule has 1 fully saturated rings. The normalized spacial score (nSPS) is 14.4. The number of carbonyl (C=O) groups excluding carboxylic acids is 3. The zero-order chi connectivity index (χ0) is 21.0. The first kappa shape index (κ1) is 20.4. The Hall–Kier alpha value is -3.29. The molecule has 0 atom stereocenters. The number of rotatable bonds is 5. The molecule has 1 saturated heterocycles. The van der Waals surface area contributed by atoms with E-state index in [2.05, 4.69) is 5.32 Å². The maximum Gasteiger partial charge on any atom is 0.289 e. The Morgan fingerprint density at radius 1 is 1.00 bits per heavy atom. The first-order valence-corrected chi connectivity index (χ1v) is 9.41. The molecule has 8 heteroatoms. The number of methoxy groups -OCH3 is 1. The summed E-state index contributed by atoms with van der Waals surface area (Å²) in [6.07, 6.45) is 1.45. The molecule has 3 amide bonds. The zero-order valence-electron chi connectivity index (χ0n) is 16.8. The Morgan fingerprint density at radius 2 is 1.66 bits per heavy atom. The summed E-state index contributed by atoms with van der Waals surface area (Å²) in [5.41, 5.74) is -0.761. The highest BCUT2D eigenvalue weighted by molar-refractivity contribution is 6.10. The van der Waals surface area contributed by atoms with Gasteiger partial charge in [-0.3, -0.25) is 14.4 Å². The van der Waals surface area contributed by atoms with Gasteiger partial charge < -0.3 is 24.3 Å². The molecule has 1 aromatic heterocycles. The molecule has 1 aliphatic heterocycles. The van der Waals surface area contributed by atoms with Gasteiger partial charge in [-0.25, -0.2) is 0 Å². The minimum Gasteiger partial charge on any atom is -0.495 e. The van der Waals surface area contributed by atoms with Gasteiger partial charge in [0.2, 0.25) is 11.8 Å². The van der Waals surface area contributed by atoms with Crippen LogP contribution in [0.2, 0.25) is 0 Å². The summed E-state index contributed by atoms with van der Waals surface area (Å²) >= 11 is 0. The van der Waals surface area contributed by atoms with Crippen molar-refractivity contribution in [1.29, 1.82) is 0 Å². The Morgan fingerprint density at radius 3 is 2.28 bits per heavy atom. The van der Waals surface area contributed by atoms with E-state index in [1.54, 1.807) is 60.0 Å². The van der Waals surface area contributed by atoms with Gasteiger partial charge in [-0.05, 0) is 38.1 Å². The monoisotopic (exact) mass is 399 g/mol. The van der Waals surface area contributed by atoms with Crippen LogP contribution in [0.3, 0.4) is 0 Å². The average molecular weight is 399 g/mol. The largest absolute Gasteiger partial charge is 0.495 e. The molecule has 2 heterocycles. The van der Waals surface area contributed by atoms with Gasteiger partial charge in [-0.2, -0.15) is 0 Å². The second-order valence-corrected chi connectivity index (χ2v) is 7.34. The SMILES string of the molecule is COc1ccccc1NC(=O)C(C)(C)C(=O)N1CCN(C(=O)c2ccco2)CC1. The van der Waals surface area contributed by atoms with E-state index in [4.69, 9.17) is 9.15 Å². The molecule has 0 bridgehead atoms. The van der Waals surface area contributed by atoms with Crippen LogP contribution in [-0.2, 0) is 9.59 Å². The zero-order valence-corrected chi connectivity index (χ0v) is 16.8. The number of nitrogens with zero attached hydrogens (tertiary/aromatic N) is 2. The molecule has 1 aromatic carbocycles. The lowest BCUT2D eigenvalue weighted by atomic mass is 9.89. The Balaban J connectivity index is 1.62. The number of furan rings is 1. The van der Waals surface area contributed by atoms with Crippen LogP contribution in [0.4, 0.5) is 5.69 Å². The van der Waals surface area contributed by atoms with E-state index in [0.717, 1.165) is 0 Å². The number of hydrogen-bond donors (Lipinski definition) is 1. The van der Waals surface area contributed by atoms with Crippen molar-refractivity contribution in [2.45, 2.75) is 13.8 Å². The fourth-order valence-corrected chi connectivity index (χ4v) is 3.19. The van der Waals surface area contributed by atoms with Gasteiger partial charge in [0, 0.05) is 26.2 Å². The molecule has 154 valence electrons. The van der Waals surface area contributed by atoms with Gasteiger partial charge in [-0.15, -0.1) is 0 Å². The average Bonchev–Trinajstić information content (AvgIpc) is 3.28. The molecular formula is C21H25N3O5. The molecule has 0 aliphatic carbocycles. The lowest BCUT2D eigenvalue weighted by Crippen LogP contribution is -2.55. The molecule has 1 aliphatic rings. The molecular weight excluding hydrogens is 374 g/mol. The van der Waals surface area contributed by atoms with Crippen LogP contribution in [-0.4, -0.2) is 60.8 Å². The predicted octanol–water partition coefficient (Wildman–Crippen LogP) is 2.24. The van der Waals surface area contributed by atoms with E-state index in [-0.39, 0.29) is 17.6 Å². The maximum atomic E-state index is 13.0. The van der Waals surface area contributed by atoms with Crippen LogP contribution >= 0.6 is 0 Å². The molecule has 8 nitrogen and oxygen atoms in total. The highest BCUT2D eigenvalue weighted by Crippen LogP contribution is 2.27. The van der Waals surface area contributed by atoms with Gasteiger partial charge in [0.1, 0.15) is 11.2 Å². The van der Waals surface area contributed by atoms with Crippen LogP contribution in [0.25, 0.3) is 0 Å². The third-order valence-electron chi connectivity index (χ3n) is 5.04. The van der Waals surface area contributed by atoms with Crippen molar-refractivity contribution in [3.05, 3.63) is 48.4 Å². The van der Waals surface area contributed by atoms with Crippen LogP contribution in [0.15, 0.2) is 47.1 Å². The number of nitrogens with one attached hydrogen (secondary N) is 1. The number of amides is 3. The molecule has 0 saturated carbocycles. The predicted molar refractivity (Wildman–Crippen MR) is 107 cm³/mol. The summed E-state index contributed by atoms with van der Waals surface area (Å²) in [7, 11) is 1.52. The minimum absolute atomic E-state index is 0.199. The van der Waals surface area contributed by atoms with Crippen LogP contribution < -0.4 is 10.1 Å². The quantitative estimate of drug-likeness (QED) is 0.779. The summed E-state index contributed by atoms with van der Waals surface area (Å²) in [5, 5.41) is 2.78. The summed E-state index contributed by atoms with van der Waals surface area (Å²) in [5.74, 6) is -0.0955. The maximum absolute atomic E-state index is 13.0. The van der Waals surface area contributed by atoms with Gasteiger partial charge >= 0.3 is 0 Å². The van der Waals surface area contributed by atoms with E-state index in [1.165, 1.54) is 13.4 Å². The van der Waals surface area contributed by atoms with Crippen molar-refractivity contribution in [3.63, 3.8) is 0 Å². The first-order chi connectivity index (χ1) is 13.8. The van der Waals surface area contributed by atoms with Gasteiger partial charge in [-0.1, -0.05) is 12.1 Å². The number of hydrogen-bond acceptors (Lipinski definition) is 5. The van der Waals surface area contributed by atoms with Gasteiger partial charge in [0.15, 0.2) is 5.76 Å². The molecule has 0 unspecified atom stereocenters. The third kappa shape index (κ3) is 4.26. The van der Waals surface area contributed by atoms with Crippen molar-refractivity contribution in [1.82, 2.24) is 9.80 Å². The van der Waals surface area contributed by atoms with Crippen LogP contribution in [0.5, 0.6) is 5.75 Å². The smallest absolute Gasteiger partial charge is 0.289 e. The molecule has 3 rings (SSSR count). The van der Waals surface area contributed by atoms with E-state index >= 15 is 0 Å². The van der Waals surface area contributed by atoms with Gasteiger partial charge in [0.05, 0.1) is 19.1 Å². The molecule has 29 heavy (non-hydrogen) atoms. The Bertz CT molecular complexity index is 883. The molecule has 0 spiro atoms. The Labute approximate surface area is 169 Å². The van der Waals surface area contributed by atoms with E-state index in [9.17, 15) is 14.4 Å². The fourth-order valence-electron chi connectivity index (χ4n) is 3.19. The summed E-state index contributed by atoms with van der Waals surface area (Å²) in [6, 6.07) is 10.3. The second-order valence-electron chi connectivity index (χ2n) is 7.34. The molecule has 2 aromatic rings. The topological polar surface area (TPSA) is 92.1 Å². The third-order valence-corrected chi connectivity index (χ3v) is 5.04. The van der Waals surface area contributed by atoms with E-state index in [0.29, 0.717) is 37.6 Å². The lowest BCUT2D eigenvalue weighted by molar-refractivity contribution is -0.147. The fraction of sp³-hybridized carbons (Fsp3) is 0.381. The highest BCUT2D eigenvalue weighted by Gasteiger charge is 2.40. The van der Waals surface area contributed by atoms with Crippen LogP contribution in [0, 0.1) is 5.41 Å². The van der Waals surface area contributed by atoms with Crippen molar-refractivity contribution >= 4 is 23.4 Å². The standard InChI is InChI=1S/C21H25N3O5/c1-21(2,19(26)22-15-7-4-5-8-16(15)28-3)20(27)24-12-10-23(11-13-24)18(25)17-9-6-14-29-17/h4-9,14H,10-13H2,1-3H3,(H,22,26). The lowest BCUT2D eigenvalue weighted by Gasteiger charge is -2.37. The minimum atomic E-state index is -1.27. The van der Waals surface area contributed by atoms with Crippen molar-refractivity contribution in [2.75, 3.05) is 38.6 Å². The molecule has 1 N–H and O–H groups in total. The second kappa shape index (κ2) is 8.38. The number of ether oxygens (including phenoxy) is 1. The van der Waals surface area contributed by atoms with Crippen molar-refractivity contribution in [3.8, 4) is 5.75 Å². The molecule has 0 radical (unpaired) electrons. The summed E-state index contributed by atoms with van der Waals surface area (Å²) in [4.78, 5) is 41.5. The van der Waals surface area contributed by atoms with Crippen molar-refractivity contribution < 1.29 is 23.5 Å². The van der Waals surface area contributed by atoms with E-state index in [1.807, 2.05) is 0 Å². The number of anilines is 1. The van der Waals surface area contributed by atoms with Gasteiger partial charge in [0.25, 0.3) is 5.91 Å². The number of benzene rings is 1. The number of para-hydroxylation sites is 2. The van der Waals surface area contributed by atoms with Crippen molar-refractivity contribution in [2.24, 2.45) is 5.41 Å². The number of piperazine rings is 1. The van der Waals surface area contributed by atoms with E-state index < -0.39 is 11.3 Å². The first-order valence-electron chi connectivity index (χ1n) is 9.41. The summed E-state index contributed by atoms with van der Waals surface area (Å²) in [6.45, 7) is 4.68. The number of carbonyl (C=O) groups is 3. The Kier molecular flexibility index (Phi) is 5.91. The summed E-state index contributed by atoms with van der Waals surface area (Å²) < 4.78 is 10.4. The van der Waals surface area contributed by atoms with Crippen LogP contribution in [0.1, 0.15) is 24.4 Å². The highest BCUT2D eigenvalue weighted by atomic mass is 16.5.